The minimum absolute atomic E-state index is 0. The number of halogens is 1. The number of hydrogen-bond acceptors (Lipinski definition) is 3. The highest BCUT2D eigenvalue weighted by Crippen LogP contribution is 2.21. The van der Waals surface area contributed by atoms with Gasteiger partial charge in [0.05, 0.1) is 6.10 Å². The lowest BCUT2D eigenvalue weighted by Crippen LogP contribution is -2.48. The van der Waals surface area contributed by atoms with Crippen molar-refractivity contribution in [3.05, 3.63) is 0 Å². The van der Waals surface area contributed by atoms with Crippen LogP contribution in [-0.4, -0.2) is 63.3 Å². The Kier molecular flexibility index (Phi) is 11.5. The first-order valence-electron chi connectivity index (χ1n) is 8.99. The van der Waals surface area contributed by atoms with Gasteiger partial charge in [0.2, 0.25) is 0 Å². The summed E-state index contributed by atoms with van der Waals surface area (Å²) < 4.78 is 5.59. The fraction of sp³-hybridized carbons (Fsp3) is 0.944. The van der Waals surface area contributed by atoms with Gasteiger partial charge in [-0.3, -0.25) is 4.99 Å². The van der Waals surface area contributed by atoms with E-state index >= 15 is 0 Å². The number of aliphatic imine (C=N–C) groups is 1. The number of guanidine groups is 1. The van der Waals surface area contributed by atoms with E-state index < -0.39 is 0 Å². The molecule has 2 N–H and O–H groups in total. The normalized spacial score (nSPS) is 21.3. The highest BCUT2D eigenvalue weighted by Gasteiger charge is 2.25. The molecule has 1 rings (SSSR count). The van der Waals surface area contributed by atoms with Gasteiger partial charge in [-0.1, -0.05) is 20.8 Å². The molecule has 1 aliphatic rings. The average Bonchev–Trinajstić information content (AvgIpc) is 2.49. The number of hydrogen-bond donors (Lipinski definition) is 2. The molecule has 0 aromatic heterocycles. The van der Waals surface area contributed by atoms with E-state index in [0.717, 1.165) is 19.0 Å². The largest absolute Gasteiger partial charge is 0.379 e. The van der Waals surface area contributed by atoms with E-state index in [0.29, 0.717) is 12.0 Å². The molecule has 6 heteroatoms. The van der Waals surface area contributed by atoms with Gasteiger partial charge < -0.3 is 20.3 Å². The molecule has 0 aromatic rings. The first-order valence-corrected chi connectivity index (χ1v) is 8.99. The smallest absolute Gasteiger partial charge is 0.191 e. The Hall–Kier alpha value is -0.0800. The van der Waals surface area contributed by atoms with Crippen molar-refractivity contribution in [2.24, 2.45) is 16.3 Å². The molecule has 5 nitrogen and oxygen atoms in total. The van der Waals surface area contributed by atoms with Crippen LogP contribution in [0.25, 0.3) is 0 Å². The molecule has 0 spiro atoms. The third-order valence-corrected chi connectivity index (χ3v) is 4.77. The number of likely N-dealkylation sites (tertiary alicyclic amines) is 1. The Bertz CT molecular complexity index is 369. The van der Waals surface area contributed by atoms with Crippen LogP contribution in [0, 0.1) is 11.3 Å². The van der Waals surface area contributed by atoms with Crippen LogP contribution >= 0.6 is 24.0 Å². The quantitative estimate of drug-likeness (QED) is 0.368. The second kappa shape index (κ2) is 11.5. The molecule has 0 aromatic carbocycles. The van der Waals surface area contributed by atoms with Crippen LogP contribution in [0.1, 0.15) is 47.5 Å². The molecule has 2 atom stereocenters. The zero-order chi connectivity index (χ0) is 17.5. The van der Waals surface area contributed by atoms with Gasteiger partial charge >= 0.3 is 0 Å². The number of nitrogens with zero attached hydrogens (tertiary/aromatic N) is 2. The van der Waals surface area contributed by atoms with Gasteiger partial charge in [-0.25, -0.2) is 0 Å². The van der Waals surface area contributed by atoms with Crippen molar-refractivity contribution in [3.8, 4) is 0 Å². The maximum absolute atomic E-state index is 5.59. The maximum Gasteiger partial charge on any atom is 0.191 e. The van der Waals surface area contributed by atoms with Crippen molar-refractivity contribution in [1.82, 2.24) is 15.5 Å². The van der Waals surface area contributed by atoms with Crippen LogP contribution in [0.4, 0.5) is 0 Å². The minimum Gasteiger partial charge on any atom is -0.379 e. The number of rotatable bonds is 6. The summed E-state index contributed by atoms with van der Waals surface area (Å²) in [6.45, 7) is 15.3. The molecule has 0 bridgehead atoms. The van der Waals surface area contributed by atoms with Crippen LogP contribution in [0.2, 0.25) is 0 Å². The monoisotopic (exact) mass is 454 g/mol. The molecule has 24 heavy (non-hydrogen) atoms. The standard InChI is InChI=1S/C18H38N4O.HI/c1-14(2)22-10-8-9-15(13-22)11-20-17(19-6)21-12-16(23-7)18(3,4)5;/h14-16H,8-13H2,1-7H3,(H2,19,20,21);1H. The van der Waals surface area contributed by atoms with E-state index in [1.807, 2.05) is 7.05 Å². The number of methoxy groups -OCH3 is 1. The lowest BCUT2D eigenvalue weighted by Gasteiger charge is -2.35. The van der Waals surface area contributed by atoms with Crippen molar-refractivity contribution in [2.45, 2.75) is 59.6 Å². The highest BCUT2D eigenvalue weighted by molar-refractivity contribution is 14.0. The van der Waals surface area contributed by atoms with Gasteiger partial charge in [0.15, 0.2) is 5.96 Å². The molecule has 0 aliphatic carbocycles. The van der Waals surface area contributed by atoms with Crippen LogP contribution in [0.5, 0.6) is 0 Å². The number of piperidine rings is 1. The van der Waals surface area contributed by atoms with E-state index in [-0.39, 0.29) is 35.5 Å². The van der Waals surface area contributed by atoms with E-state index in [1.54, 1.807) is 7.11 Å². The van der Waals surface area contributed by atoms with Crippen LogP contribution in [0.3, 0.4) is 0 Å². The lowest BCUT2D eigenvalue weighted by molar-refractivity contribution is 0.0205. The van der Waals surface area contributed by atoms with Crippen LogP contribution < -0.4 is 10.6 Å². The summed E-state index contributed by atoms with van der Waals surface area (Å²) in [5.74, 6) is 1.57. The van der Waals surface area contributed by atoms with Gasteiger partial charge in [0.25, 0.3) is 0 Å². The maximum atomic E-state index is 5.59. The Morgan fingerprint density at radius 2 is 1.96 bits per heavy atom. The predicted molar refractivity (Wildman–Crippen MR) is 114 cm³/mol. The van der Waals surface area contributed by atoms with Crippen LogP contribution in [-0.2, 0) is 4.74 Å². The Morgan fingerprint density at radius 1 is 1.29 bits per heavy atom. The number of nitrogens with one attached hydrogen (secondary N) is 2. The van der Waals surface area contributed by atoms with Gasteiger partial charge in [-0.15, -0.1) is 24.0 Å². The average molecular weight is 454 g/mol. The van der Waals surface area contributed by atoms with Crippen molar-refractivity contribution < 1.29 is 4.74 Å². The first kappa shape index (κ1) is 23.9. The van der Waals surface area contributed by atoms with Crippen molar-refractivity contribution in [1.29, 1.82) is 0 Å². The third-order valence-electron chi connectivity index (χ3n) is 4.77. The Morgan fingerprint density at radius 3 is 2.46 bits per heavy atom. The third kappa shape index (κ3) is 8.34. The topological polar surface area (TPSA) is 48.9 Å². The molecule has 2 unspecified atom stereocenters. The van der Waals surface area contributed by atoms with Crippen LogP contribution in [0.15, 0.2) is 4.99 Å². The summed E-state index contributed by atoms with van der Waals surface area (Å²) in [4.78, 5) is 6.92. The van der Waals surface area contributed by atoms with Crippen molar-refractivity contribution in [3.63, 3.8) is 0 Å². The predicted octanol–water partition coefficient (Wildman–Crippen LogP) is 2.95. The molecule has 1 fully saturated rings. The van der Waals surface area contributed by atoms with Gasteiger partial charge in [0, 0.05) is 39.8 Å². The van der Waals surface area contributed by atoms with Gasteiger partial charge in [0.1, 0.15) is 0 Å². The summed E-state index contributed by atoms with van der Waals surface area (Å²) in [5.41, 5.74) is 0.113. The minimum atomic E-state index is 0. The van der Waals surface area contributed by atoms with Crippen molar-refractivity contribution >= 4 is 29.9 Å². The zero-order valence-corrected chi connectivity index (χ0v) is 19.0. The van der Waals surface area contributed by atoms with Crippen molar-refractivity contribution in [2.75, 3.05) is 40.3 Å². The van der Waals surface area contributed by atoms with E-state index in [4.69, 9.17) is 4.74 Å². The fourth-order valence-electron chi connectivity index (χ4n) is 3.13. The summed E-state index contributed by atoms with van der Waals surface area (Å²) in [6, 6.07) is 0.643. The molecule has 1 aliphatic heterocycles. The molecule has 0 radical (unpaired) electrons. The fourth-order valence-corrected chi connectivity index (χ4v) is 3.13. The first-order chi connectivity index (χ1) is 10.8. The Balaban J connectivity index is 0.00000529. The summed E-state index contributed by atoms with van der Waals surface area (Å²) in [6.07, 6.45) is 2.76. The van der Waals surface area contributed by atoms with Gasteiger partial charge in [-0.2, -0.15) is 0 Å². The second-order valence-electron chi connectivity index (χ2n) is 8.02. The summed E-state index contributed by atoms with van der Waals surface area (Å²) >= 11 is 0. The molecule has 0 saturated carbocycles. The lowest BCUT2D eigenvalue weighted by atomic mass is 9.89. The number of ether oxygens (including phenoxy) is 1. The highest BCUT2D eigenvalue weighted by atomic mass is 127. The zero-order valence-electron chi connectivity index (χ0n) is 16.7. The molecule has 1 saturated heterocycles. The molecule has 0 amide bonds. The van der Waals surface area contributed by atoms with E-state index in [2.05, 4.69) is 55.1 Å². The molecular formula is C18H39IN4O. The molecule has 144 valence electrons. The molecule has 1 heterocycles. The Labute approximate surface area is 166 Å². The molecular weight excluding hydrogens is 415 g/mol. The van der Waals surface area contributed by atoms with Gasteiger partial charge in [-0.05, 0) is 44.6 Å². The second-order valence-corrected chi connectivity index (χ2v) is 8.02. The van der Waals surface area contributed by atoms with E-state index in [1.165, 1.54) is 25.9 Å². The SMILES string of the molecule is CN=C(NCC1CCCN(C(C)C)C1)NCC(OC)C(C)(C)C.I. The summed E-state index contributed by atoms with van der Waals surface area (Å²) in [5, 5.41) is 6.89. The van der Waals surface area contributed by atoms with E-state index in [9.17, 15) is 0 Å². The summed E-state index contributed by atoms with van der Waals surface area (Å²) in [7, 11) is 3.60.